The summed E-state index contributed by atoms with van der Waals surface area (Å²) in [6.45, 7) is 5.14. The fourth-order valence-corrected chi connectivity index (χ4v) is 3.81. The second-order valence-corrected chi connectivity index (χ2v) is 9.93. The molecular formula is C27H38N2O7. The fraction of sp³-hybridized carbons (Fsp3) is 0.556. The number of amides is 2. The lowest BCUT2D eigenvalue weighted by Gasteiger charge is -2.25. The van der Waals surface area contributed by atoms with Crippen LogP contribution < -0.4 is 10.6 Å². The number of allylic oxidation sites excluding steroid dienone is 2. The number of carbonyl (C=O) groups is 4. The summed E-state index contributed by atoms with van der Waals surface area (Å²) in [6, 6.07) is 8.97. The molecule has 198 valence electrons. The van der Waals surface area contributed by atoms with Crippen LogP contribution in [0.1, 0.15) is 52.0 Å². The molecule has 3 N–H and O–H groups in total. The Morgan fingerprint density at radius 2 is 1.75 bits per heavy atom. The molecule has 2 rings (SSSR count). The Balaban J connectivity index is 2.21. The summed E-state index contributed by atoms with van der Waals surface area (Å²) in [6.07, 6.45) is 4.25. The zero-order chi connectivity index (χ0) is 26.6. The standard InChI is InChI=1S/C27H38N2O7/c1-27(2,3)36-24(32)17-21-12-8-7-11-20(16-23(31)28-13-14-30)25(33)29-22(18-35-26(21)34)15-19-9-5-4-6-10-19/h4-10,20-22,30H,11-18H2,1-3H3,(H,28,31)(H,29,33)/b8-7-/t20-,21-,22+/m1/s1. The van der Waals surface area contributed by atoms with Crippen molar-refractivity contribution >= 4 is 23.8 Å². The number of aliphatic hydroxyl groups excluding tert-OH is 1. The van der Waals surface area contributed by atoms with E-state index >= 15 is 0 Å². The Hall–Kier alpha value is -3.20. The van der Waals surface area contributed by atoms with Crippen molar-refractivity contribution < 1.29 is 33.8 Å². The van der Waals surface area contributed by atoms with Gasteiger partial charge in [-0.2, -0.15) is 0 Å². The highest BCUT2D eigenvalue weighted by Gasteiger charge is 2.29. The molecule has 0 spiro atoms. The van der Waals surface area contributed by atoms with Crippen LogP contribution >= 0.6 is 0 Å². The van der Waals surface area contributed by atoms with Crippen LogP contribution in [0.2, 0.25) is 0 Å². The largest absolute Gasteiger partial charge is 0.463 e. The minimum Gasteiger partial charge on any atom is -0.463 e. The van der Waals surface area contributed by atoms with Crippen molar-refractivity contribution in [2.45, 2.75) is 64.5 Å². The van der Waals surface area contributed by atoms with E-state index in [1.54, 1.807) is 32.9 Å². The zero-order valence-electron chi connectivity index (χ0n) is 21.3. The molecule has 0 saturated heterocycles. The normalized spacial score (nSPS) is 22.3. The van der Waals surface area contributed by atoms with Crippen LogP contribution in [0.3, 0.4) is 0 Å². The van der Waals surface area contributed by atoms with Crippen LogP contribution in [-0.4, -0.2) is 60.3 Å². The summed E-state index contributed by atoms with van der Waals surface area (Å²) in [7, 11) is 0. The van der Waals surface area contributed by atoms with Gasteiger partial charge >= 0.3 is 11.9 Å². The average molecular weight is 503 g/mol. The lowest BCUT2D eigenvalue weighted by molar-refractivity contribution is -0.161. The molecule has 1 heterocycles. The van der Waals surface area contributed by atoms with E-state index in [2.05, 4.69) is 10.6 Å². The Kier molecular flexibility index (Phi) is 11.6. The molecule has 1 aromatic rings. The van der Waals surface area contributed by atoms with Crippen molar-refractivity contribution in [1.82, 2.24) is 10.6 Å². The monoisotopic (exact) mass is 502 g/mol. The number of cyclic esters (lactones) is 1. The minimum absolute atomic E-state index is 0.0463. The van der Waals surface area contributed by atoms with Crippen LogP contribution in [0.25, 0.3) is 0 Å². The van der Waals surface area contributed by atoms with E-state index in [0.29, 0.717) is 6.42 Å². The van der Waals surface area contributed by atoms with E-state index in [1.807, 2.05) is 30.3 Å². The topological polar surface area (TPSA) is 131 Å². The number of aliphatic hydroxyl groups is 1. The molecule has 0 radical (unpaired) electrons. The number of hydrogen-bond acceptors (Lipinski definition) is 7. The number of hydrogen-bond donors (Lipinski definition) is 3. The Labute approximate surface area is 212 Å². The highest BCUT2D eigenvalue weighted by Crippen LogP contribution is 2.19. The van der Waals surface area contributed by atoms with Crippen molar-refractivity contribution in [2.24, 2.45) is 11.8 Å². The number of carbonyl (C=O) groups excluding carboxylic acids is 4. The molecule has 1 aliphatic rings. The van der Waals surface area contributed by atoms with Gasteiger partial charge in [0.25, 0.3) is 0 Å². The maximum absolute atomic E-state index is 13.1. The predicted octanol–water partition coefficient (Wildman–Crippen LogP) is 2.07. The van der Waals surface area contributed by atoms with Gasteiger partial charge in [-0.3, -0.25) is 19.2 Å². The maximum Gasteiger partial charge on any atom is 0.309 e. The molecule has 3 atom stereocenters. The lowest BCUT2D eigenvalue weighted by Crippen LogP contribution is -2.45. The van der Waals surface area contributed by atoms with Gasteiger partial charge < -0.3 is 25.2 Å². The third kappa shape index (κ3) is 11.0. The van der Waals surface area contributed by atoms with Crippen molar-refractivity contribution in [3.8, 4) is 0 Å². The van der Waals surface area contributed by atoms with Crippen molar-refractivity contribution in [3.63, 3.8) is 0 Å². The molecule has 9 heteroatoms. The second kappa shape index (κ2) is 14.4. The average Bonchev–Trinajstić information content (AvgIpc) is 2.80. The maximum atomic E-state index is 13.1. The van der Waals surface area contributed by atoms with Gasteiger partial charge in [-0.1, -0.05) is 42.5 Å². The highest BCUT2D eigenvalue weighted by molar-refractivity contribution is 5.86. The first-order valence-corrected chi connectivity index (χ1v) is 12.3. The number of nitrogens with one attached hydrogen (secondary N) is 2. The Bertz CT molecular complexity index is 908. The molecule has 1 aromatic carbocycles. The van der Waals surface area contributed by atoms with Crippen molar-refractivity contribution in [2.75, 3.05) is 19.8 Å². The van der Waals surface area contributed by atoms with Gasteiger partial charge in [0, 0.05) is 13.0 Å². The number of rotatable bonds is 8. The summed E-state index contributed by atoms with van der Waals surface area (Å²) in [5, 5.41) is 14.5. The van der Waals surface area contributed by atoms with Gasteiger partial charge in [0.15, 0.2) is 0 Å². The first kappa shape index (κ1) is 29.0. The zero-order valence-corrected chi connectivity index (χ0v) is 21.3. The van der Waals surface area contributed by atoms with Gasteiger partial charge in [-0.25, -0.2) is 0 Å². The SMILES string of the molecule is CC(C)(C)OC(=O)C[C@H]1C/C=C\C[C@H](CC(=O)NCCO)C(=O)N[C@@H](Cc2ccccc2)COC1=O. The smallest absolute Gasteiger partial charge is 0.309 e. The quantitative estimate of drug-likeness (QED) is 0.366. The molecule has 0 bridgehead atoms. The van der Waals surface area contributed by atoms with Crippen molar-refractivity contribution in [1.29, 1.82) is 0 Å². The molecule has 0 aliphatic carbocycles. The third-order valence-electron chi connectivity index (χ3n) is 5.51. The van der Waals surface area contributed by atoms with E-state index in [0.717, 1.165) is 5.56 Å². The van der Waals surface area contributed by atoms with Gasteiger partial charge in [0.2, 0.25) is 11.8 Å². The second-order valence-electron chi connectivity index (χ2n) is 9.93. The highest BCUT2D eigenvalue weighted by atomic mass is 16.6. The van der Waals surface area contributed by atoms with E-state index in [9.17, 15) is 19.2 Å². The number of ether oxygens (including phenoxy) is 2. The van der Waals surface area contributed by atoms with Crippen LogP contribution in [0.5, 0.6) is 0 Å². The molecule has 9 nitrogen and oxygen atoms in total. The van der Waals surface area contributed by atoms with Crippen molar-refractivity contribution in [3.05, 3.63) is 48.0 Å². The van der Waals surface area contributed by atoms with Gasteiger partial charge in [-0.05, 0) is 45.6 Å². The summed E-state index contributed by atoms with van der Waals surface area (Å²) < 4.78 is 10.9. The van der Waals surface area contributed by atoms with Crippen LogP contribution in [0, 0.1) is 11.8 Å². The van der Waals surface area contributed by atoms with Crippen LogP contribution in [0.15, 0.2) is 42.5 Å². The van der Waals surface area contributed by atoms with Crippen LogP contribution in [-0.2, 0) is 35.1 Å². The Morgan fingerprint density at radius 1 is 1.08 bits per heavy atom. The van der Waals surface area contributed by atoms with Gasteiger partial charge in [0.1, 0.15) is 12.2 Å². The van der Waals surface area contributed by atoms with E-state index in [1.165, 1.54) is 0 Å². The van der Waals surface area contributed by atoms with E-state index in [4.69, 9.17) is 14.6 Å². The fourth-order valence-electron chi connectivity index (χ4n) is 3.81. The summed E-state index contributed by atoms with van der Waals surface area (Å²) in [5.41, 5.74) is 0.283. The molecule has 0 aromatic heterocycles. The Morgan fingerprint density at radius 3 is 2.39 bits per heavy atom. The number of esters is 2. The van der Waals surface area contributed by atoms with Gasteiger partial charge in [0.05, 0.1) is 30.9 Å². The molecule has 0 unspecified atom stereocenters. The molecule has 1 aliphatic heterocycles. The lowest BCUT2D eigenvalue weighted by atomic mass is 9.96. The molecule has 0 fully saturated rings. The number of benzene rings is 1. The third-order valence-corrected chi connectivity index (χ3v) is 5.51. The molecule has 36 heavy (non-hydrogen) atoms. The van der Waals surface area contributed by atoms with Crippen LogP contribution in [0.4, 0.5) is 0 Å². The molecular weight excluding hydrogens is 464 g/mol. The summed E-state index contributed by atoms with van der Waals surface area (Å²) >= 11 is 0. The van der Waals surface area contributed by atoms with E-state index < -0.39 is 35.4 Å². The summed E-state index contributed by atoms with van der Waals surface area (Å²) in [5.74, 6) is -3.04. The van der Waals surface area contributed by atoms with E-state index in [-0.39, 0.29) is 57.3 Å². The summed E-state index contributed by atoms with van der Waals surface area (Å²) in [4.78, 5) is 50.6. The minimum atomic E-state index is -0.727. The predicted molar refractivity (Wildman–Crippen MR) is 134 cm³/mol. The molecule has 0 saturated carbocycles. The first-order chi connectivity index (χ1) is 17.1. The van der Waals surface area contributed by atoms with Gasteiger partial charge in [-0.15, -0.1) is 0 Å². The molecule has 2 amide bonds. The first-order valence-electron chi connectivity index (χ1n) is 12.3.